The van der Waals surface area contributed by atoms with Crippen LogP contribution >= 0.6 is 0 Å². The fraction of sp³-hybridized carbons (Fsp3) is 0. The Kier molecular flexibility index (Phi) is 1.06. The summed E-state index contributed by atoms with van der Waals surface area (Å²) in [6.45, 7) is 0. The zero-order valence-corrected chi connectivity index (χ0v) is 3.20. The third-order valence-corrected chi connectivity index (χ3v) is 0. The monoisotopic (exact) mass is 86.0 g/mol. The molecular formula is B2O2S. The van der Waals surface area contributed by atoms with E-state index in [0.29, 0.717) is 0 Å². The van der Waals surface area contributed by atoms with Gasteiger partial charge in [-0.15, -0.1) is 0 Å². The van der Waals surface area contributed by atoms with Gasteiger partial charge in [0.05, 0.1) is 0 Å². The van der Waals surface area contributed by atoms with E-state index in [1.54, 1.807) is 0 Å². The second kappa shape index (κ2) is 1.05. The van der Waals surface area contributed by atoms with Crippen molar-refractivity contribution in [1.29, 1.82) is 0 Å². The van der Waals surface area contributed by atoms with Gasteiger partial charge in [-0.2, -0.15) is 0 Å². The predicted octanol–water partition coefficient (Wildman–Crippen LogP) is -1.43. The first-order valence-electron chi connectivity index (χ1n) is 0.805. The maximum absolute atomic E-state index is 9.19. The molecule has 0 aromatic heterocycles. The second-order valence-corrected chi connectivity index (χ2v) is 1.77. The topological polar surface area (TPSA) is 34.1 Å². The van der Waals surface area contributed by atoms with E-state index in [9.17, 15) is 8.42 Å². The van der Waals surface area contributed by atoms with Crippen LogP contribution in [0.5, 0.6) is 0 Å². The molecule has 0 heterocycles. The zero-order chi connectivity index (χ0) is 4.50. The average molecular weight is 85.7 g/mol. The summed E-state index contributed by atoms with van der Waals surface area (Å²) >= 11 is 0. The molecular weight excluding hydrogens is 85.7 g/mol. The van der Waals surface area contributed by atoms with Gasteiger partial charge in [0.2, 0.25) is 14.2 Å². The van der Waals surface area contributed by atoms with Crippen LogP contribution in [0.25, 0.3) is 0 Å². The van der Waals surface area contributed by atoms with Crippen molar-refractivity contribution in [3.63, 3.8) is 0 Å². The van der Waals surface area contributed by atoms with Gasteiger partial charge >= 0.3 is 0 Å². The first-order valence-corrected chi connectivity index (χ1v) is 2.41. The van der Waals surface area contributed by atoms with Crippen LogP contribution < -0.4 is 0 Å². The summed E-state index contributed by atoms with van der Waals surface area (Å²) in [6.07, 6.45) is 0. The Morgan fingerprint density at radius 3 is 1.20 bits per heavy atom. The summed E-state index contributed by atoms with van der Waals surface area (Å²) in [5.41, 5.74) is 0. The molecule has 2 nitrogen and oxygen atoms in total. The van der Waals surface area contributed by atoms with Crippen molar-refractivity contribution in [2.75, 3.05) is 0 Å². The fourth-order valence-electron chi connectivity index (χ4n) is 0. The molecule has 0 fully saturated rings. The summed E-state index contributed by atoms with van der Waals surface area (Å²) < 4.78 is 18.4. The van der Waals surface area contributed by atoms with Crippen LogP contribution in [-0.2, 0) is 9.54 Å². The molecule has 0 saturated carbocycles. The van der Waals surface area contributed by atoms with Crippen molar-refractivity contribution in [2.24, 2.45) is 0 Å². The SMILES string of the molecule is [B]S([B])(=O)=O. The van der Waals surface area contributed by atoms with Crippen molar-refractivity contribution in [2.45, 2.75) is 0 Å². The Morgan fingerprint density at radius 2 is 1.20 bits per heavy atom. The van der Waals surface area contributed by atoms with E-state index in [4.69, 9.17) is 0 Å². The normalized spacial score (nSPS) is 11.2. The minimum Gasteiger partial charge on any atom is -0.256 e. The van der Waals surface area contributed by atoms with E-state index in [1.165, 1.54) is 0 Å². The number of hydrogen-bond donors (Lipinski definition) is 0. The van der Waals surface area contributed by atoms with E-state index >= 15 is 0 Å². The highest BCUT2D eigenvalue weighted by atomic mass is 32.2. The Balaban J connectivity index is 4.06. The summed E-state index contributed by atoms with van der Waals surface area (Å²) in [4.78, 5) is 0. The lowest BCUT2D eigenvalue weighted by Crippen LogP contribution is -1.92. The molecule has 0 rings (SSSR count). The molecule has 0 aliphatic rings. The van der Waals surface area contributed by atoms with Crippen LogP contribution in [0.1, 0.15) is 0 Å². The fourth-order valence-corrected chi connectivity index (χ4v) is 0. The molecule has 0 atom stereocenters. The summed E-state index contributed by atoms with van der Waals surface area (Å²) in [5, 5.41) is 0. The molecule has 0 N–H and O–H groups in total. The molecule has 0 amide bonds. The van der Waals surface area contributed by atoms with Crippen LogP contribution in [0.4, 0.5) is 0 Å². The van der Waals surface area contributed by atoms with Crippen molar-refractivity contribution >= 4 is 23.8 Å². The lowest BCUT2D eigenvalue weighted by atomic mass is 10.7. The molecule has 0 aliphatic carbocycles. The van der Waals surface area contributed by atoms with Crippen LogP contribution in [0.15, 0.2) is 0 Å². The largest absolute Gasteiger partial charge is 0.256 e. The van der Waals surface area contributed by atoms with Crippen molar-refractivity contribution < 1.29 is 8.42 Å². The minimum atomic E-state index is -3.67. The Morgan fingerprint density at radius 1 is 1.20 bits per heavy atom. The highest BCUT2D eigenvalue weighted by Crippen LogP contribution is 1.56. The molecule has 0 aromatic rings. The highest BCUT2D eigenvalue weighted by molar-refractivity contribution is 8.29. The van der Waals surface area contributed by atoms with Crippen molar-refractivity contribution in [1.82, 2.24) is 0 Å². The Hall–Kier alpha value is 0.0799. The quantitative estimate of drug-likeness (QED) is 0.338. The van der Waals surface area contributed by atoms with E-state index in [0.717, 1.165) is 0 Å². The van der Waals surface area contributed by atoms with Crippen LogP contribution in [0.3, 0.4) is 0 Å². The lowest BCUT2D eigenvalue weighted by molar-refractivity contribution is 0.621. The van der Waals surface area contributed by atoms with Gasteiger partial charge in [0, 0.05) is 9.54 Å². The third-order valence-electron chi connectivity index (χ3n) is 0. The Labute approximate surface area is 33.1 Å². The summed E-state index contributed by atoms with van der Waals surface area (Å²) in [6, 6.07) is 0. The van der Waals surface area contributed by atoms with E-state index in [1.807, 2.05) is 0 Å². The maximum atomic E-state index is 9.19. The van der Waals surface area contributed by atoms with Crippen LogP contribution in [0.2, 0.25) is 0 Å². The lowest BCUT2D eigenvalue weighted by Gasteiger charge is -1.69. The first kappa shape index (κ1) is 5.08. The molecule has 24 valence electrons. The molecule has 0 saturated heterocycles. The van der Waals surface area contributed by atoms with Gasteiger partial charge in [-0.25, -0.2) is 0 Å². The smallest absolute Gasteiger partial charge is 0.236 e. The van der Waals surface area contributed by atoms with Gasteiger partial charge < -0.3 is 0 Å². The van der Waals surface area contributed by atoms with Gasteiger partial charge in [-0.05, 0) is 0 Å². The third kappa shape index (κ3) is 2770. The van der Waals surface area contributed by atoms with Gasteiger partial charge in [0.15, 0.2) is 0 Å². The minimum absolute atomic E-state index is 3.67. The molecule has 0 spiro atoms. The number of hydrogen-bond acceptors (Lipinski definition) is 2. The van der Waals surface area contributed by atoms with E-state index in [2.05, 4.69) is 14.2 Å². The highest BCUT2D eigenvalue weighted by Gasteiger charge is 1.80. The van der Waals surface area contributed by atoms with E-state index in [-0.39, 0.29) is 0 Å². The standard InChI is InChI=1S/B2O2S/c1-5(2,3)4. The Bertz CT molecular complexity index is 90.8. The van der Waals surface area contributed by atoms with Gasteiger partial charge in [-0.1, -0.05) is 0 Å². The zero-order valence-electron chi connectivity index (χ0n) is 2.38. The van der Waals surface area contributed by atoms with E-state index < -0.39 is 9.54 Å². The first-order chi connectivity index (χ1) is 2.00. The predicted molar refractivity (Wildman–Crippen MR) is 20.4 cm³/mol. The maximum Gasteiger partial charge on any atom is 0.236 e. The van der Waals surface area contributed by atoms with Crippen LogP contribution in [-0.4, -0.2) is 22.7 Å². The van der Waals surface area contributed by atoms with Crippen LogP contribution in [0, 0.1) is 0 Å². The second-order valence-electron chi connectivity index (χ2n) is 0.589. The van der Waals surface area contributed by atoms with Crippen molar-refractivity contribution in [3.05, 3.63) is 0 Å². The molecule has 4 radical (unpaired) electrons. The summed E-state index contributed by atoms with van der Waals surface area (Å²) in [7, 11) is 4.54. The molecule has 0 aromatic carbocycles. The molecule has 5 heteroatoms. The van der Waals surface area contributed by atoms with Crippen molar-refractivity contribution in [3.8, 4) is 0 Å². The van der Waals surface area contributed by atoms with Gasteiger partial charge in [-0.3, -0.25) is 8.42 Å². The average Bonchev–Trinajstić information content (AvgIpc) is 0.722. The van der Waals surface area contributed by atoms with Gasteiger partial charge in [0.1, 0.15) is 0 Å². The molecule has 0 unspecified atom stereocenters. The molecule has 5 heavy (non-hydrogen) atoms. The summed E-state index contributed by atoms with van der Waals surface area (Å²) in [5.74, 6) is 0. The van der Waals surface area contributed by atoms with Gasteiger partial charge in [0.25, 0.3) is 0 Å². The number of rotatable bonds is 0. The molecule has 0 bridgehead atoms. The molecule has 0 aliphatic heterocycles.